The Balaban J connectivity index is 1.46. The molecule has 2 fully saturated rings. The van der Waals surface area contributed by atoms with Gasteiger partial charge in [0.1, 0.15) is 0 Å². The fraction of sp³-hybridized carbons (Fsp3) is 0.591. The molecule has 0 N–H and O–H groups in total. The van der Waals surface area contributed by atoms with E-state index in [1.165, 1.54) is 49.4 Å². The zero-order valence-corrected chi connectivity index (χ0v) is 17.7. The van der Waals surface area contributed by atoms with Crippen LogP contribution in [0.4, 0.5) is 0 Å². The van der Waals surface area contributed by atoms with Crippen molar-refractivity contribution in [3.63, 3.8) is 0 Å². The minimum absolute atomic E-state index is 0.268. The van der Waals surface area contributed by atoms with Crippen molar-refractivity contribution >= 4 is 17.7 Å². The third-order valence-corrected chi connectivity index (χ3v) is 7.26. The van der Waals surface area contributed by atoms with Crippen molar-refractivity contribution in [3.8, 4) is 11.4 Å². The Morgan fingerprint density at radius 1 is 1.14 bits per heavy atom. The Labute approximate surface area is 171 Å². The summed E-state index contributed by atoms with van der Waals surface area (Å²) in [5.74, 6) is 2.34. The highest BCUT2D eigenvalue weighted by molar-refractivity contribution is 7.99. The fourth-order valence-electron chi connectivity index (χ4n) is 4.85. The first-order valence-corrected chi connectivity index (χ1v) is 11.6. The predicted octanol–water partition coefficient (Wildman–Crippen LogP) is 4.55. The number of rotatable bonds is 5. The number of fused-ring (bicyclic) bond motifs is 1. The van der Waals surface area contributed by atoms with E-state index >= 15 is 0 Å². The molecule has 0 spiro atoms. The van der Waals surface area contributed by atoms with E-state index in [0.29, 0.717) is 11.8 Å². The van der Waals surface area contributed by atoms with Gasteiger partial charge in [-0.2, -0.15) is 0 Å². The highest BCUT2D eigenvalue weighted by Crippen LogP contribution is 2.36. The number of aryl methyl sites for hydroxylation is 1. The average molecular weight is 399 g/mol. The number of likely N-dealkylation sites (tertiary alicyclic amines) is 1. The van der Waals surface area contributed by atoms with Crippen molar-refractivity contribution in [2.75, 3.05) is 12.3 Å². The average Bonchev–Trinajstić information content (AvgIpc) is 3.14. The van der Waals surface area contributed by atoms with Crippen molar-refractivity contribution in [2.24, 2.45) is 5.92 Å². The summed E-state index contributed by atoms with van der Waals surface area (Å²) in [6, 6.07) is 8.72. The molecule has 1 amide bonds. The first-order chi connectivity index (χ1) is 13.7. The molecule has 0 radical (unpaired) electrons. The number of hydrogen-bond donors (Lipinski definition) is 0. The molecular formula is C22H30N4OS. The Hall–Kier alpha value is -1.82. The smallest absolute Gasteiger partial charge is 0.233 e. The molecule has 1 saturated heterocycles. The van der Waals surface area contributed by atoms with Gasteiger partial charge in [-0.05, 0) is 51.0 Å². The van der Waals surface area contributed by atoms with Crippen LogP contribution in [-0.4, -0.2) is 43.9 Å². The Morgan fingerprint density at radius 2 is 1.93 bits per heavy atom. The van der Waals surface area contributed by atoms with E-state index in [9.17, 15) is 4.79 Å². The zero-order valence-electron chi connectivity index (χ0n) is 16.9. The van der Waals surface area contributed by atoms with Crippen LogP contribution in [0, 0.1) is 12.8 Å². The monoisotopic (exact) mass is 398 g/mol. The van der Waals surface area contributed by atoms with Crippen LogP contribution in [0.1, 0.15) is 51.0 Å². The molecule has 0 bridgehead atoms. The molecule has 1 aliphatic heterocycles. The molecular weight excluding hydrogens is 368 g/mol. The lowest BCUT2D eigenvalue weighted by atomic mass is 9.78. The van der Waals surface area contributed by atoms with Crippen molar-refractivity contribution in [1.82, 2.24) is 19.7 Å². The summed E-state index contributed by atoms with van der Waals surface area (Å²) in [6.45, 7) is 5.92. The van der Waals surface area contributed by atoms with Gasteiger partial charge in [-0.1, -0.05) is 48.9 Å². The van der Waals surface area contributed by atoms with E-state index in [0.717, 1.165) is 42.0 Å². The minimum atomic E-state index is 0.268. The molecule has 1 aromatic heterocycles. The van der Waals surface area contributed by atoms with Crippen LogP contribution in [0.5, 0.6) is 0 Å². The maximum atomic E-state index is 13.0. The molecule has 2 aliphatic rings. The van der Waals surface area contributed by atoms with Crippen LogP contribution in [0.25, 0.3) is 11.4 Å². The van der Waals surface area contributed by atoms with E-state index in [2.05, 4.69) is 45.6 Å². The summed E-state index contributed by atoms with van der Waals surface area (Å²) < 4.78 is 2.12. The van der Waals surface area contributed by atoms with Crippen LogP contribution in [-0.2, 0) is 11.3 Å². The minimum Gasteiger partial charge on any atom is -0.339 e. The first kappa shape index (κ1) is 19.5. The summed E-state index contributed by atoms with van der Waals surface area (Å²) in [5, 5.41) is 9.69. The van der Waals surface area contributed by atoms with Gasteiger partial charge in [-0.25, -0.2) is 0 Å². The SMILES string of the molecule is CCn1c(SCC(=O)N2CCC[C@H]3CCCC[C@H]32)nnc1-c1ccccc1C. The topological polar surface area (TPSA) is 51.0 Å². The number of amides is 1. The van der Waals surface area contributed by atoms with Crippen molar-refractivity contribution in [2.45, 2.75) is 70.1 Å². The zero-order chi connectivity index (χ0) is 19.5. The van der Waals surface area contributed by atoms with Crippen LogP contribution in [0.2, 0.25) is 0 Å². The molecule has 2 aromatic rings. The number of benzene rings is 1. The first-order valence-electron chi connectivity index (χ1n) is 10.6. The number of thioether (sulfide) groups is 1. The summed E-state index contributed by atoms with van der Waals surface area (Å²) >= 11 is 1.53. The summed E-state index contributed by atoms with van der Waals surface area (Å²) in [4.78, 5) is 15.2. The maximum absolute atomic E-state index is 13.0. The molecule has 1 aromatic carbocycles. The third kappa shape index (κ3) is 3.84. The van der Waals surface area contributed by atoms with Gasteiger partial charge >= 0.3 is 0 Å². The van der Waals surface area contributed by atoms with Gasteiger partial charge in [0.2, 0.25) is 5.91 Å². The normalized spacial score (nSPS) is 22.1. The number of carbonyl (C=O) groups is 1. The van der Waals surface area contributed by atoms with Gasteiger partial charge in [0, 0.05) is 24.7 Å². The largest absolute Gasteiger partial charge is 0.339 e. The summed E-state index contributed by atoms with van der Waals surface area (Å²) in [7, 11) is 0. The van der Waals surface area contributed by atoms with Crippen LogP contribution in [0.3, 0.4) is 0 Å². The number of nitrogens with zero attached hydrogens (tertiary/aromatic N) is 4. The highest BCUT2D eigenvalue weighted by atomic mass is 32.2. The van der Waals surface area contributed by atoms with E-state index < -0.39 is 0 Å². The Kier molecular flexibility index (Phi) is 6.04. The number of piperidine rings is 1. The van der Waals surface area contributed by atoms with Crippen molar-refractivity contribution in [1.29, 1.82) is 0 Å². The lowest BCUT2D eigenvalue weighted by Crippen LogP contribution is -2.50. The van der Waals surface area contributed by atoms with Crippen LogP contribution in [0.15, 0.2) is 29.4 Å². The second-order valence-electron chi connectivity index (χ2n) is 8.00. The van der Waals surface area contributed by atoms with E-state index in [1.807, 2.05) is 12.1 Å². The third-order valence-electron chi connectivity index (χ3n) is 6.31. The lowest BCUT2D eigenvalue weighted by Gasteiger charge is -2.44. The summed E-state index contributed by atoms with van der Waals surface area (Å²) in [6.07, 6.45) is 7.53. The lowest BCUT2D eigenvalue weighted by molar-refractivity contribution is -0.134. The number of aromatic nitrogens is 3. The Bertz CT molecular complexity index is 832. The van der Waals surface area contributed by atoms with E-state index in [1.54, 1.807) is 0 Å². The predicted molar refractivity (Wildman–Crippen MR) is 113 cm³/mol. The van der Waals surface area contributed by atoms with Gasteiger partial charge in [-0.3, -0.25) is 4.79 Å². The molecule has 4 rings (SSSR count). The molecule has 0 unspecified atom stereocenters. The standard InChI is InChI=1S/C22H30N4OS/c1-3-25-21(18-12-6-4-9-16(18)2)23-24-22(25)28-15-20(27)26-14-8-11-17-10-5-7-13-19(17)26/h4,6,9,12,17,19H,3,5,7-8,10-11,13-15H2,1-2H3/t17-,19-/m1/s1. The quantitative estimate of drug-likeness (QED) is 0.694. The maximum Gasteiger partial charge on any atom is 0.233 e. The van der Waals surface area contributed by atoms with E-state index in [-0.39, 0.29) is 5.91 Å². The molecule has 2 heterocycles. The van der Waals surface area contributed by atoms with Gasteiger partial charge in [0.25, 0.3) is 0 Å². The molecule has 6 heteroatoms. The molecule has 2 atom stereocenters. The van der Waals surface area contributed by atoms with Crippen molar-refractivity contribution < 1.29 is 4.79 Å². The molecule has 1 aliphatic carbocycles. The fourth-order valence-corrected chi connectivity index (χ4v) is 5.74. The van der Waals surface area contributed by atoms with E-state index in [4.69, 9.17) is 0 Å². The van der Waals surface area contributed by atoms with Crippen LogP contribution < -0.4 is 0 Å². The second-order valence-corrected chi connectivity index (χ2v) is 8.94. The Morgan fingerprint density at radius 3 is 2.75 bits per heavy atom. The molecule has 5 nitrogen and oxygen atoms in total. The van der Waals surface area contributed by atoms with Gasteiger partial charge in [0.05, 0.1) is 5.75 Å². The molecule has 150 valence electrons. The van der Waals surface area contributed by atoms with Crippen LogP contribution >= 0.6 is 11.8 Å². The van der Waals surface area contributed by atoms with Crippen molar-refractivity contribution in [3.05, 3.63) is 29.8 Å². The van der Waals surface area contributed by atoms with Gasteiger partial charge in [-0.15, -0.1) is 10.2 Å². The van der Waals surface area contributed by atoms with Gasteiger partial charge in [0.15, 0.2) is 11.0 Å². The number of hydrogen-bond acceptors (Lipinski definition) is 4. The second kappa shape index (κ2) is 8.68. The summed E-state index contributed by atoms with van der Waals surface area (Å²) in [5.41, 5.74) is 2.30. The number of carbonyl (C=O) groups excluding carboxylic acids is 1. The highest BCUT2D eigenvalue weighted by Gasteiger charge is 2.35. The molecule has 28 heavy (non-hydrogen) atoms. The molecule has 1 saturated carbocycles. The van der Waals surface area contributed by atoms with Gasteiger partial charge < -0.3 is 9.47 Å².